The molecule has 0 saturated carbocycles. The lowest BCUT2D eigenvalue weighted by atomic mass is 10.1. The lowest BCUT2D eigenvalue weighted by molar-refractivity contribution is 0.233. The summed E-state index contributed by atoms with van der Waals surface area (Å²) in [6, 6.07) is 0. The maximum absolute atomic E-state index is 11.2. The largest absolute Gasteiger partial charge is 0.396 e. The maximum Gasteiger partial charge on any atom is 0.228 e. The van der Waals surface area contributed by atoms with E-state index in [9.17, 15) is 8.42 Å². The average Bonchev–Trinajstić information content (AvgIpc) is 2.52. The van der Waals surface area contributed by atoms with E-state index in [4.69, 9.17) is 16.7 Å². The van der Waals surface area contributed by atoms with E-state index in [2.05, 4.69) is 0 Å². The summed E-state index contributed by atoms with van der Waals surface area (Å²) in [6.07, 6.45) is 0.729. The van der Waals surface area contributed by atoms with Crippen molar-refractivity contribution in [2.75, 3.05) is 24.9 Å². The second-order valence-electron chi connectivity index (χ2n) is 2.92. The van der Waals surface area contributed by atoms with Crippen LogP contribution in [0.1, 0.15) is 6.42 Å². The van der Waals surface area contributed by atoms with Gasteiger partial charge >= 0.3 is 0 Å². The van der Waals surface area contributed by atoms with Crippen LogP contribution in [0, 0.1) is 5.92 Å². The fourth-order valence-corrected chi connectivity index (χ4v) is 2.64. The van der Waals surface area contributed by atoms with E-state index in [-0.39, 0.29) is 17.7 Å². The highest BCUT2D eigenvalue weighted by Crippen LogP contribution is 2.19. The number of sulfonamides is 1. The molecule has 0 aromatic rings. The van der Waals surface area contributed by atoms with Gasteiger partial charge in [-0.1, -0.05) is 0 Å². The predicted molar refractivity (Wildman–Crippen MR) is 46.4 cm³/mol. The Hall–Kier alpha value is 0.160. The van der Waals surface area contributed by atoms with Crippen LogP contribution in [0.25, 0.3) is 0 Å². The van der Waals surface area contributed by atoms with E-state index in [1.54, 1.807) is 0 Å². The third-order valence-electron chi connectivity index (χ3n) is 2.04. The van der Waals surface area contributed by atoms with Crippen molar-refractivity contribution in [2.45, 2.75) is 6.42 Å². The lowest BCUT2D eigenvalue weighted by Crippen LogP contribution is -2.29. The highest BCUT2D eigenvalue weighted by atomic mass is 35.5. The molecule has 1 unspecified atom stereocenters. The zero-order valence-corrected chi connectivity index (χ0v) is 8.18. The summed E-state index contributed by atoms with van der Waals surface area (Å²) in [5.74, 6) is 0.0861. The second-order valence-corrected chi connectivity index (χ2v) is 5.47. The standard InChI is InChI=1S/C6H12ClNO3S/c7-5-12(10,11)8-2-1-6(3-8)4-9/h6,9H,1-5H2. The first-order valence-electron chi connectivity index (χ1n) is 3.75. The van der Waals surface area contributed by atoms with Gasteiger partial charge in [-0.05, 0) is 12.3 Å². The minimum absolute atomic E-state index is 0.0499. The van der Waals surface area contributed by atoms with Gasteiger partial charge in [-0.25, -0.2) is 12.7 Å². The molecule has 1 atom stereocenters. The molecule has 1 saturated heterocycles. The number of aliphatic hydroxyl groups is 1. The normalized spacial score (nSPS) is 26.3. The minimum atomic E-state index is -3.25. The van der Waals surface area contributed by atoms with Crippen LogP contribution in [0.5, 0.6) is 0 Å². The number of halogens is 1. The Balaban J connectivity index is 2.58. The summed E-state index contributed by atoms with van der Waals surface area (Å²) in [6.45, 7) is 0.945. The lowest BCUT2D eigenvalue weighted by Gasteiger charge is -2.13. The first-order valence-corrected chi connectivity index (χ1v) is 5.89. The zero-order chi connectivity index (χ0) is 9.19. The average molecular weight is 214 g/mol. The van der Waals surface area contributed by atoms with E-state index in [1.165, 1.54) is 4.31 Å². The van der Waals surface area contributed by atoms with Crippen molar-refractivity contribution in [3.63, 3.8) is 0 Å². The Bertz CT molecular complexity index is 241. The summed E-state index contributed by atoms with van der Waals surface area (Å²) in [4.78, 5) is 0. The van der Waals surface area contributed by atoms with Gasteiger partial charge in [0.15, 0.2) is 0 Å². The smallest absolute Gasteiger partial charge is 0.228 e. The number of alkyl halides is 1. The summed E-state index contributed by atoms with van der Waals surface area (Å²) >= 11 is 5.27. The number of hydrogen-bond donors (Lipinski definition) is 1. The van der Waals surface area contributed by atoms with Gasteiger partial charge in [-0.15, -0.1) is 11.6 Å². The van der Waals surface area contributed by atoms with Crippen molar-refractivity contribution in [1.82, 2.24) is 4.31 Å². The molecule has 1 heterocycles. The fraction of sp³-hybridized carbons (Fsp3) is 1.00. The van der Waals surface area contributed by atoms with Crippen molar-refractivity contribution in [2.24, 2.45) is 5.92 Å². The monoisotopic (exact) mass is 213 g/mol. The second kappa shape index (κ2) is 3.91. The van der Waals surface area contributed by atoms with Crippen molar-refractivity contribution in [1.29, 1.82) is 0 Å². The first kappa shape index (κ1) is 10.2. The molecule has 12 heavy (non-hydrogen) atoms. The van der Waals surface area contributed by atoms with Crippen LogP contribution in [0.15, 0.2) is 0 Å². The summed E-state index contributed by atoms with van der Waals surface area (Å²) in [5.41, 5.74) is 0. The van der Waals surface area contributed by atoms with Gasteiger partial charge in [0.05, 0.1) is 0 Å². The molecule has 1 aliphatic heterocycles. The van der Waals surface area contributed by atoms with Crippen LogP contribution >= 0.6 is 11.6 Å². The topological polar surface area (TPSA) is 57.6 Å². The summed E-state index contributed by atoms with van der Waals surface area (Å²) < 4.78 is 23.7. The van der Waals surface area contributed by atoms with Gasteiger partial charge in [-0.2, -0.15) is 0 Å². The molecule has 0 aromatic carbocycles. The Morgan fingerprint density at radius 1 is 1.58 bits per heavy atom. The molecule has 0 aromatic heterocycles. The first-order chi connectivity index (χ1) is 5.60. The van der Waals surface area contributed by atoms with Gasteiger partial charge in [-0.3, -0.25) is 0 Å². The van der Waals surface area contributed by atoms with Gasteiger partial charge in [0, 0.05) is 19.7 Å². The molecule has 4 nitrogen and oxygen atoms in total. The van der Waals surface area contributed by atoms with Crippen LogP contribution in [0.2, 0.25) is 0 Å². The Morgan fingerprint density at radius 3 is 2.67 bits per heavy atom. The van der Waals surface area contributed by atoms with E-state index in [0.29, 0.717) is 13.1 Å². The molecular weight excluding hydrogens is 202 g/mol. The van der Waals surface area contributed by atoms with Gasteiger partial charge < -0.3 is 5.11 Å². The maximum atomic E-state index is 11.2. The number of aliphatic hydroxyl groups excluding tert-OH is 1. The molecule has 1 fully saturated rings. The third-order valence-corrected chi connectivity index (χ3v) is 4.26. The van der Waals surface area contributed by atoms with Gasteiger partial charge in [0.1, 0.15) is 5.21 Å². The zero-order valence-electron chi connectivity index (χ0n) is 6.61. The van der Waals surface area contributed by atoms with Gasteiger partial charge in [0.25, 0.3) is 0 Å². The van der Waals surface area contributed by atoms with Crippen LogP contribution in [0.3, 0.4) is 0 Å². The predicted octanol–water partition coefficient (Wildman–Crippen LogP) is -0.173. The highest BCUT2D eigenvalue weighted by Gasteiger charge is 2.29. The Labute approximate surface area is 77.2 Å². The Kier molecular flexibility index (Phi) is 3.34. The molecular formula is C6H12ClNO3S. The molecule has 1 aliphatic rings. The van der Waals surface area contributed by atoms with Crippen molar-refractivity contribution < 1.29 is 13.5 Å². The third kappa shape index (κ3) is 2.10. The van der Waals surface area contributed by atoms with Crippen molar-refractivity contribution in [3.8, 4) is 0 Å². The summed E-state index contributed by atoms with van der Waals surface area (Å²) in [7, 11) is -3.25. The molecule has 72 valence electrons. The molecule has 1 rings (SSSR count). The van der Waals surface area contributed by atoms with Crippen LogP contribution < -0.4 is 0 Å². The molecule has 0 radical (unpaired) electrons. The van der Waals surface area contributed by atoms with Crippen molar-refractivity contribution >= 4 is 21.6 Å². The number of hydrogen-bond acceptors (Lipinski definition) is 3. The minimum Gasteiger partial charge on any atom is -0.396 e. The molecule has 0 bridgehead atoms. The SMILES string of the molecule is O=S(=O)(CCl)N1CCC(CO)C1. The Morgan fingerprint density at radius 2 is 2.25 bits per heavy atom. The molecule has 6 heteroatoms. The molecule has 0 amide bonds. The molecule has 0 spiro atoms. The van der Waals surface area contributed by atoms with Crippen LogP contribution in [0.4, 0.5) is 0 Å². The molecule has 1 N–H and O–H groups in total. The summed E-state index contributed by atoms with van der Waals surface area (Å²) in [5, 5.41) is 8.40. The molecule has 0 aliphatic carbocycles. The van der Waals surface area contributed by atoms with E-state index < -0.39 is 10.0 Å². The fourth-order valence-electron chi connectivity index (χ4n) is 1.27. The van der Waals surface area contributed by atoms with Gasteiger partial charge in [0.2, 0.25) is 10.0 Å². The van der Waals surface area contributed by atoms with Crippen LogP contribution in [-0.2, 0) is 10.0 Å². The number of rotatable bonds is 3. The highest BCUT2D eigenvalue weighted by molar-refractivity contribution is 7.90. The van der Waals surface area contributed by atoms with Crippen LogP contribution in [-0.4, -0.2) is 42.7 Å². The van der Waals surface area contributed by atoms with E-state index in [0.717, 1.165) is 6.42 Å². The quantitative estimate of drug-likeness (QED) is 0.663. The van der Waals surface area contributed by atoms with E-state index in [1.807, 2.05) is 0 Å². The number of nitrogens with zero attached hydrogens (tertiary/aromatic N) is 1. The van der Waals surface area contributed by atoms with E-state index >= 15 is 0 Å². The van der Waals surface area contributed by atoms with Crippen molar-refractivity contribution in [3.05, 3.63) is 0 Å².